The van der Waals surface area contributed by atoms with E-state index in [2.05, 4.69) is 25.3 Å². The van der Waals surface area contributed by atoms with Crippen LogP contribution in [0.5, 0.6) is 0 Å². The number of carbonyl (C=O) groups is 1. The Bertz CT molecular complexity index is 721. The molecule has 0 aliphatic carbocycles. The largest absolute Gasteiger partial charge is 0.336 e. The molecule has 1 amide bonds. The van der Waals surface area contributed by atoms with Gasteiger partial charge >= 0.3 is 0 Å². The molecular formula is C16H22F2N6O. The first-order chi connectivity index (χ1) is 12.0. The normalized spacial score (nSPS) is 16.4. The van der Waals surface area contributed by atoms with Crippen LogP contribution < -0.4 is 0 Å². The van der Waals surface area contributed by atoms with Crippen LogP contribution in [-0.2, 0) is 6.54 Å². The molecule has 1 saturated heterocycles. The number of carbonyl (C=O) groups excluding carboxylic acids is 1. The van der Waals surface area contributed by atoms with Crippen molar-refractivity contribution < 1.29 is 13.6 Å². The van der Waals surface area contributed by atoms with Crippen molar-refractivity contribution in [2.75, 3.05) is 26.2 Å². The molecule has 0 atom stereocenters. The Morgan fingerprint density at radius 1 is 1.20 bits per heavy atom. The van der Waals surface area contributed by atoms with Gasteiger partial charge in [-0.1, -0.05) is 0 Å². The molecule has 25 heavy (non-hydrogen) atoms. The van der Waals surface area contributed by atoms with E-state index in [0.29, 0.717) is 13.1 Å². The SMILES string of the molecule is Cc1n[nH]c(C)c1CN1CCCN(C(=O)c2cc(C(F)F)[nH]n2)CC1. The first kappa shape index (κ1) is 17.5. The molecule has 2 N–H and O–H groups in total. The van der Waals surface area contributed by atoms with Crippen molar-refractivity contribution in [2.45, 2.75) is 33.2 Å². The fraction of sp³-hybridized carbons (Fsp3) is 0.562. The number of nitrogens with zero attached hydrogens (tertiary/aromatic N) is 4. The molecule has 0 bridgehead atoms. The van der Waals surface area contributed by atoms with Gasteiger partial charge in [0.2, 0.25) is 0 Å². The summed E-state index contributed by atoms with van der Waals surface area (Å²) in [5, 5.41) is 13.2. The molecule has 2 aromatic rings. The van der Waals surface area contributed by atoms with Gasteiger partial charge in [0.05, 0.1) is 5.69 Å². The average Bonchev–Trinajstić information content (AvgIpc) is 3.11. The Balaban J connectivity index is 1.62. The van der Waals surface area contributed by atoms with Gasteiger partial charge in [-0.25, -0.2) is 8.78 Å². The Morgan fingerprint density at radius 3 is 2.64 bits per heavy atom. The van der Waals surface area contributed by atoms with E-state index in [1.54, 1.807) is 4.90 Å². The van der Waals surface area contributed by atoms with Gasteiger partial charge in [0.25, 0.3) is 12.3 Å². The van der Waals surface area contributed by atoms with Crippen molar-refractivity contribution in [1.29, 1.82) is 0 Å². The van der Waals surface area contributed by atoms with Crippen molar-refractivity contribution in [3.05, 3.63) is 34.4 Å². The van der Waals surface area contributed by atoms with Crippen molar-refractivity contribution in [3.8, 4) is 0 Å². The lowest BCUT2D eigenvalue weighted by Crippen LogP contribution is -2.35. The molecular weight excluding hydrogens is 330 g/mol. The molecule has 1 aliphatic rings. The average molecular weight is 352 g/mol. The van der Waals surface area contributed by atoms with E-state index < -0.39 is 6.43 Å². The summed E-state index contributed by atoms with van der Waals surface area (Å²) in [5.41, 5.74) is 2.96. The molecule has 1 fully saturated rings. The minimum atomic E-state index is -2.66. The quantitative estimate of drug-likeness (QED) is 0.882. The van der Waals surface area contributed by atoms with Crippen molar-refractivity contribution >= 4 is 5.91 Å². The Labute approximate surface area is 144 Å². The number of H-pyrrole nitrogens is 2. The molecule has 1 aliphatic heterocycles. The van der Waals surface area contributed by atoms with Gasteiger partial charge in [-0.15, -0.1) is 0 Å². The zero-order chi connectivity index (χ0) is 18.0. The van der Waals surface area contributed by atoms with Crippen LogP contribution in [0.25, 0.3) is 0 Å². The summed E-state index contributed by atoms with van der Waals surface area (Å²) in [6.07, 6.45) is -1.83. The maximum absolute atomic E-state index is 12.6. The second kappa shape index (κ2) is 7.30. The van der Waals surface area contributed by atoms with Gasteiger partial charge in [-0.3, -0.25) is 19.9 Å². The highest BCUT2D eigenvalue weighted by Gasteiger charge is 2.24. The van der Waals surface area contributed by atoms with E-state index in [-0.39, 0.29) is 17.3 Å². The predicted octanol–water partition coefficient (Wildman–Crippen LogP) is 2.04. The standard InChI is InChI=1S/C16H22F2N6O/c1-10-12(11(2)20-19-10)9-23-4-3-5-24(7-6-23)16(25)14-8-13(15(17)18)21-22-14/h8,15H,3-7,9H2,1-2H3,(H,19,20)(H,21,22). The number of aromatic nitrogens is 4. The van der Waals surface area contributed by atoms with Crippen LogP contribution in [0, 0.1) is 13.8 Å². The Hall–Kier alpha value is -2.29. The van der Waals surface area contributed by atoms with Gasteiger partial charge in [0, 0.05) is 44.0 Å². The number of hydrogen-bond donors (Lipinski definition) is 2. The maximum Gasteiger partial charge on any atom is 0.279 e. The summed E-state index contributed by atoms with van der Waals surface area (Å²) in [4.78, 5) is 16.5. The second-order valence-electron chi connectivity index (χ2n) is 6.34. The van der Waals surface area contributed by atoms with E-state index in [1.165, 1.54) is 5.56 Å². The summed E-state index contributed by atoms with van der Waals surface area (Å²) in [6, 6.07) is 1.13. The number of aromatic amines is 2. The summed E-state index contributed by atoms with van der Waals surface area (Å²) >= 11 is 0. The van der Waals surface area contributed by atoms with E-state index >= 15 is 0 Å². The van der Waals surface area contributed by atoms with Crippen LogP contribution >= 0.6 is 0 Å². The van der Waals surface area contributed by atoms with Crippen LogP contribution in [0.4, 0.5) is 8.78 Å². The molecule has 0 spiro atoms. The topological polar surface area (TPSA) is 80.9 Å². The number of alkyl halides is 2. The van der Waals surface area contributed by atoms with Crippen LogP contribution in [-0.4, -0.2) is 62.3 Å². The lowest BCUT2D eigenvalue weighted by molar-refractivity contribution is 0.0755. The number of amides is 1. The van der Waals surface area contributed by atoms with Crippen LogP contribution in [0.15, 0.2) is 6.07 Å². The van der Waals surface area contributed by atoms with Gasteiger partial charge in [-0.05, 0) is 26.3 Å². The predicted molar refractivity (Wildman–Crippen MR) is 87.4 cm³/mol. The highest BCUT2D eigenvalue weighted by molar-refractivity contribution is 5.92. The number of nitrogens with one attached hydrogen (secondary N) is 2. The molecule has 0 aromatic carbocycles. The molecule has 3 heterocycles. The third-order valence-electron chi connectivity index (χ3n) is 4.59. The van der Waals surface area contributed by atoms with E-state index in [0.717, 1.165) is 43.5 Å². The minimum Gasteiger partial charge on any atom is -0.336 e. The maximum atomic E-state index is 12.6. The zero-order valence-electron chi connectivity index (χ0n) is 14.4. The van der Waals surface area contributed by atoms with E-state index in [4.69, 9.17) is 0 Å². The van der Waals surface area contributed by atoms with Crippen LogP contribution in [0.3, 0.4) is 0 Å². The highest BCUT2D eigenvalue weighted by atomic mass is 19.3. The Morgan fingerprint density at radius 2 is 2.00 bits per heavy atom. The van der Waals surface area contributed by atoms with Gasteiger partial charge < -0.3 is 4.90 Å². The van der Waals surface area contributed by atoms with Crippen molar-refractivity contribution in [3.63, 3.8) is 0 Å². The summed E-state index contributed by atoms with van der Waals surface area (Å²) < 4.78 is 25.3. The molecule has 0 radical (unpaired) electrons. The summed E-state index contributed by atoms with van der Waals surface area (Å²) in [7, 11) is 0. The van der Waals surface area contributed by atoms with Crippen LogP contribution in [0.1, 0.15) is 46.0 Å². The molecule has 0 saturated carbocycles. The molecule has 3 rings (SSSR count). The first-order valence-corrected chi connectivity index (χ1v) is 8.31. The first-order valence-electron chi connectivity index (χ1n) is 8.31. The monoisotopic (exact) mass is 352 g/mol. The van der Waals surface area contributed by atoms with Gasteiger partial charge in [0.15, 0.2) is 5.69 Å². The zero-order valence-corrected chi connectivity index (χ0v) is 14.4. The minimum absolute atomic E-state index is 0.0465. The summed E-state index contributed by atoms with van der Waals surface area (Å²) in [6.45, 7) is 7.50. The smallest absolute Gasteiger partial charge is 0.279 e. The van der Waals surface area contributed by atoms with Crippen molar-refractivity contribution in [2.24, 2.45) is 0 Å². The van der Waals surface area contributed by atoms with Crippen molar-refractivity contribution in [1.82, 2.24) is 30.2 Å². The van der Waals surface area contributed by atoms with Crippen LogP contribution in [0.2, 0.25) is 0 Å². The van der Waals surface area contributed by atoms with E-state index in [9.17, 15) is 13.6 Å². The molecule has 0 unspecified atom stereocenters. The second-order valence-corrected chi connectivity index (χ2v) is 6.34. The van der Waals surface area contributed by atoms with E-state index in [1.807, 2.05) is 13.8 Å². The fourth-order valence-electron chi connectivity index (χ4n) is 3.08. The fourth-order valence-corrected chi connectivity index (χ4v) is 3.08. The summed E-state index contributed by atoms with van der Waals surface area (Å²) in [5.74, 6) is -0.305. The number of hydrogen-bond acceptors (Lipinski definition) is 4. The number of rotatable bonds is 4. The lowest BCUT2D eigenvalue weighted by Gasteiger charge is -2.21. The number of halogens is 2. The number of aryl methyl sites for hydroxylation is 2. The lowest BCUT2D eigenvalue weighted by atomic mass is 10.2. The third-order valence-corrected chi connectivity index (χ3v) is 4.59. The molecule has 2 aromatic heterocycles. The molecule has 9 heteroatoms. The highest BCUT2D eigenvalue weighted by Crippen LogP contribution is 2.18. The molecule has 7 nitrogen and oxygen atoms in total. The molecule has 136 valence electrons. The van der Waals surface area contributed by atoms with Gasteiger partial charge in [-0.2, -0.15) is 10.2 Å². The third kappa shape index (κ3) is 3.87. The van der Waals surface area contributed by atoms with Gasteiger partial charge in [0.1, 0.15) is 5.69 Å². The Kier molecular flexibility index (Phi) is 5.12.